The number of alkyl halides is 5. The Morgan fingerprint density at radius 1 is 1.23 bits per heavy atom. The van der Waals surface area contributed by atoms with Crippen LogP contribution in [-0.4, -0.2) is 18.1 Å². The van der Waals surface area contributed by atoms with Crippen LogP contribution in [0.2, 0.25) is 5.02 Å². The van der Waals surface area contributed by atoms with E-state index in [0.717, 1.165) is 7.11 Å². The third-order valence-corrected chi connectivity index (χ3v) is 5.20. The lowest BCUT2D eigenvalue weighted by molar-refractivity contribution is -0.142. The number of thiol groups is 1. The van der Waals surface area contributed by atoms with Crippen molar-refractivity contribution in [1.29, 1.82) is 0 Å². The fourth-order valence-electron chi connectivity index (χ4n) is 3.14. The first-order valence-electron chi connectivity index (χ1n) is 8.82. The minimum absolute atomic E-state index is 0.105. The van der Waals surface area contributed by atoms with E-state index in [-0.39, 0.29) is 28.5 Å². The van der Waals surface area contributed by atoms with E-state index in [0.29, 0.717) is 0 Å². The summed E-state index contributed by atoms with van der Waals surface area (Å²) in [5.41, 5.74) is -3.96. The molecule has 0 amide bonds. The number of benzene rings is 1. The van der Waals surface area contributed by atoms with E-state index < -0.39 is 46.3 Å². The Morgan fingerprint density at radius 2 is 1.83 bits per heavy atom. The first-order chi connectivity index (χ1) is 13.9. The lowest BCUT2D eigenvalue weighted by Crippen LogP contribution is -2.23. The second kappa shape index (κ2) is 9.51. The fourth-order valence-corrected chi connectivity index (χ4v) is 3.96. The van der Waals surface area contributed by atoms with Crippen LogP contribution in [0.5, 0.6) is 0 Å². The summed E-state index contributed by atoms with van der Waals surface area (Å²) in [4.78, 5) is 15.5. The second-order valence-electron chi connectivity index (χ2n) is 6.92. The summed E-state index contributed by atoms with van der Waals surface area (Å²) < 4.78 is 73.6. The molecule has 2 rings (SSSR count). The number of hydrogen-bond acceptors (Lipinski definition) is 4. The molecule has 0 radical (unpaired) electrons. The van der Waals surface area contributed by atoms with Crippen molar-refractivity contribution in [2.45, 2.75) is 38.1 Å². The summed E-state index contributed by atoms with van der Waals surface area (Å²) in [6.07, 6.45) is -8.59. The van der Waals surface area contributed by atoms with Gasteiger partial charge in [0, 0.05) is 10.6 Å². The van der Waals surface area contributed by atoms with Gasteiger partial charge < -0.3 is 4.74 Å². The minimum Gasteiger partial charge on any atom is -0.465 e. The highest BCUT2D eigenvalue weighted by atomic mass is 35.5. The summed E-state index contributed by atoms with van der Waals surface area (Å²) in [6.45, 7) is 3.37. The van der Waals surface area contributed by atoms with Crippen LogP contribution in [0.3, 0.4) is 0 Å². The van der Waals surface area contributed by atoms with Gasteiger partial charge in [0.2, 0.25) is 0 Å². The molecule has 30 heavy (non-hydrogen) atoms. The zero-order valence-corrected chi connectivity index (χ0v) is 17.9. The van der Waals surface area contributed by atoms with Gasteiger partial charge in [-0.2, -0.15) is 25.8 Å². The average molecular weight is 468 g/mol. The van der Waals surface area contributed by atoms with Crippen LogP contribution in [0.15, 0.2) is 24.3 Å². The Bertz CT molecular complexity index is 934. The standard InChI is InChI=1S/C20H19ClF5NO2S/c1-9(2)8-11-13(19(28)29-3)15(18(22)23)27-17(20(24,25)26)14(11)16(30)10-6-4-5-7-12(10)21/h4-7,9,16,18,30H,8H2,1-3H3. The maximum Gasteiger partial charge on any atom is 0.433 e. The maximum atomic E-state index is 13.9. The average Bonchev–Trinajstić information content (AvgIpc) is 2.65. The number of nitrogens with zero attached hydrogens (tertiary/aromatic N) is 1. The number of halogens is 6. The number of ether oxygens (including phenoxy) is 1. The molecule has 0 N–H and O–H groups in total. The van der Waals surface area contributed by atoms with Crippen molar-refractivity contribution < 1.29 is 31.5 Å². The summed E-state index contributed by atoms with van der Waals surface area (Å²) >= 11 is 10.5. The van der Waals surface area contributed by atoms with E-state index in [4.69, 9.17) is 11.6 Å². The molecule has 0 aliphatic rings. The van der Waals surface area contributed by atoms with E-state index in [9.17, 15) is 26.7 Å². The molecule has 1 aromatic carbocycles. The molecule has 1 unspecified atom stereocenters. The number of aromatic nitrogens is 1. The van der Waals surface area contributed by atoms with Crippen LogP contribution >= 0.6 is 24.2 Å². The molecule has 0 aliphatic carbocycles. The molecule has 2 aromatic rings. The molecule has 0 saturated carbocycles. The number of carbonyl (C=O) groups excluding carboxylic acids is 1. The number of pyridine rings is 1. The molecule has 1 heterocycles. The van der Waals surface area contributed by atoms with Gasteiger partial charge in [0.25, 0.3) is 6.43 Å². The van der Waals surface area contributed by atoms with Crippen molar-refractivity contribution >= 4 is 30.2 Å². The highest BCUT2D eigenvalue weighted by Crippen LogP contribution is 2.45. The number of rotatable bonds is 6. The Hall–Kier alpha value is -1.87. The molecular weight excluding hydrogens is 449 g/mol. The summed E-state index contributed by atoms with van der Waals surface area (Å²) in [7, 11) is 0.959. The molecule has 0 spiro atoms. The van der Waals surface area contributed by atoms with E-state index in [2.05, 4.69) is 22.3 Å². The van der Waals surface area contributed by atoms with Crippen LogP contribution in [0.4, 0.5) is 22.0 Å². The van der Waals surface area contributed by atoms with Crippen molar-refractivity contribution in [2.24, 2.45) is 5.92 Å². The van der Waals surface area contributed by atoms with Gasteiger partial charge in [0.05, 0.1) is 17.9 Å². The smallest absolute Gasteiger partial charge is 0.433 e. The molecule has 1 aromatic heterocycles. The highest BCUT2D eigenvalue weighted by Gasteiger charge is 2.42. The monoisotopic (exact) mass is 467 g/mol. The summed E-state index contributed by atoms with van der Waals surface area (Å²) in [5, 5.41) is -1.13. The van der Waals surface area contributed by atoms with Gasteiger partial charge in [-0.25, -0.2) is 18.6 Å². The van der Waals surface area contributed by atoms with Gasteiger partial charge in [-0.15, -0.1) is 0 Å². The molecule has 164 valence electrons. The van der Waals surface area contributed by atoms with Crippen LogP contribution in [0.25, 0.3) is 0 Å². The predicted molar refractivity (Wildman–Crippen MR) is 106 cm³/mol. The predicted octanol–water partition coefficient (Wildman–Crippen LogP) is 6.70. The quantitative estimate of drug-likeness (QED) is 0.292. The molecule has 10 heteroatoms. The zero-order chi connectivity index (χ0) is 22.8. The molecule has 0 saturated heterocycles. The molecular formula is C20H19ClF5NO2S. The normalized spacial score (nSPS) is 13.1. The van der Waals surface area contributed by atoms with Crippen molar-refractivity contribution in [3.8, 4) is 0 Å². The number of carbonyl (C=O) groups is 1. The molecule has 1 atom stereocenters. The number of esters is 1. The number of methoxy groups -OCH3 is 1. The van der Waals surface area contributed by atoms with E-state index in [1.807, 2.05) is 0 Å². The van der Waals surface area contributed by atoms with Crippen molar-refractivity contribution in [1.82, 2.24) is 4.98 Å². The van der Waals surface area contributed by atoms with Crippen LogP contribution in [0, 0.1) is 5.92 Å². The lowest BCUT2D eigenvalue weighted by Gasteiger charge is -2.26. The molecule has 3 nitrogen and oxygen atoms in total. The minimum atomic E-state index is -5.07. The summed E-state index contributed by atoms with van der Waals surface area (Å²) in [5.74, 6) is -1.46. The molecule has 0 fully saturated rings. The van der Waals surface area contributed by atoms with Gasteiger partial charge in [-0.3, -0.25) is 0 Å². The molecule has 0 bridgehead atoms. The summed E-state index contributed by atoms with van der Waals surface area (Å²) in [6, 6.07) is 6.09. The van der Waals surface area contributed by atoms with Gasteiger partial charge >= 0.3 is 12.1 Å². The van der Waals surface area contributed by atoms with Crippen molar-refractivity contribution in [3.05, 3.63) is 62.9 Å². The van der Waals surface area contributed by atoms with E-state index in [1.54, 1.807) is 26.0 Å². The van der Waals surface area contributed by atoms with Crippen molar-refractivity contribution in [2.75, 3.05) is 7.11 Å². The van der Waals surface area contributed by atoms with Gasteiger partial charge in [0.15, 0.2) is 0 Å². The van der Waals surface area contributed by atoms with Crippen LogP contribution < -0.4 is 0 Å². The Labute approximate surface area is 181 Å². The first kappa shape index (κ1) is 24.4. The third kappa shape index (κ3) is 5.06. The third-order valence-electron chi connectivity index (χ3n) is 4.32. The van der Waals surface area contributed by atoms with Crippen LogP contribution in [0.1, 0.15) is 64.0 Å². The highest BCUT2D eigenvalue weighted by molar-refractivity contribution is 7.80. The number of hydrogen-bond donors (Lipinski definition) is 1. The van der Waals surface area contributed by atoms with E-state index in [1.165, 1.54) is 12.1 Å². The maximum absolute atomic E-state index is 13.9. The SMILES string of the molecule is COC(=O)c1c(C(F)F)nc(C(F)(F)F)c(C(S)c2ccccc2Cl)c1CC(C)C. The van der Waals surface area contributed by atoms with Crippen molar-refractivity contribution in [3.63, 3.8) is 0 Å². The largest absolute Gasteiger partial charge is 0.465 e. The zero-order valence-electron chi connectivity index (χ0n) is 16.2. The Morgan fingerprint density at radius 3 is 2.30 bits per heavy atom. The topological polar surface area (TPSA) is 39.2 Å². The van der Waals surface area contributed by atoms with Gasteiger partial charge in [0.1, 0.15) is 11.4 Å². The first-order valence-corrected chi connectivity index (χ1v) is 9.72. The Balaban J connectivity index is 3.02. The molecule has 0 aliphatic heterocycles. The van der Waals surface area contributed by atoms with Gasteiger partial charge in [-0.05, 0) is 29.5 Å². The van der Waals surface area contributed by atoms with Gasteiger partial charge in [-0.1, -0.05) is 43.6 Å². The van der Waals surface area contributed by atoms with E-state index >= 15 is 0 Å². The Kier molecular flexibility index (Phi) is 7.74. The van der Waals surface area contributed by atoms with Crippen LogP contribution in [-0.2, 0) is 17.3 Å². The fraction of sp³-hybridized carbons (Fsp3) is 0.400. The lowest BCUT2D eigenvalue weighted by atomic mass is 9.87. The second-order valence-corrected chi connectivity index (χ2v) is 7.85.